The standard InChI is InChI=1S/C21H27F2N5O3S/c1-2-26-14-24-25-20(26)15-5-9-27(10-6-15)21(29)16-7-11-28(12-8-16)32(30,31)19-13-17(22)3-4-18(19)23/h3-4,13-16H,2,5-12H2,1H3. The predicted octanol–water partition coefficient (Wildman–Crippen LogP) is 2.38. The Kier molecular flexibility index (Phi) is 6.57. The van der Waals surface area contributed by atoms with Crippen molar-refractivity contribution in [3.63, 3.8) is 0 Å². The van der Waals surface area contributed by atoms with E-state index in [9.17, 15) is 22.0 Å². The van der Waals surface area contributed by atoms with Crippen molar-refractivity contribution >= 4 is 15.9 Å². The second kappa shape index (κ2) is 9.22. The number of rotatable bonds is 5. The number of aromatic nitrogens is 3. The second-order valence-corrected chi connectivity index (χ2v) is 10.2. The molecule has 2 aliphatic heterocycles. The van der Waals surface area contributed by atoms with Gasteiger partial charge in [0.2, 0.25) is 15.9 Å². The molecule has 11 heteroatoms. The number of hydrogen-bond acceptors (Lipinski definition) is 5. The number of sulfonamides is 1. The number of carbonyl (C=O) groups excluding carboxylic acids is 1. The van der Waals surface area contributed by atoms with Gasteiger partial charge in [-0.3, -0.25) is 4.79 Å². The molecule has 0 aliphatic carbocycles. The van der Waals surface area contributed by atoms with Crippen molar-refractivity contribution in [2.24, 2.45) is 5.92 Å². The molecule has 2 aliphatic rings. The molecule has 32 heavy (non-hydrogen) atoms. The third-order valence-corrected chi connectivity index (χ3v) is 8.39. The van der Waals surface area contributed by atoms with E-state index in [1.807, 2.05) is 16.4 Å². The molecule has 0 saturated carbocycles. The Hall–Kier alpha value is -2.40. The van der Waals surface area contributed by atoms with Crippen molar-refractivity contribution in [3.05, 3.63) is 42.0 Å². The number of aryl methyl sites for hydroxylation is 1. The fourth-order valence-corrected chi connectivity index (χ4v) is 6.14. The maximum atomic E-state index is 14.0. The summed E-state index contributed by atoms with van der Waals surface area (Å²) in [6, 6.07) is 2.39. The highest BCUT2D eigenvalue weighted by atomic mass is 32.2. The van der Waals surface area contributed by atoms with Crippen LogP contribution in [-0.4, -0.2) is 64.5 Å². The summed E-state index contributed by atoms with van der Waals surface area (Å²) in [7, 11) is -4.15. The van der Waals surface area contributed by atoms with Crippen LogP contribution in [0.25, 0.3) is 0 Å². The highest BCUT2D eigenvalue weighted by Gasteiger charge is 2.36. The fourth-order valence-electron chi connectivity index (χ4n) is 4.60. The van der Waals surface area contributed by atoms with E-state index in [-0.39, 0.29) is 30.8 Å². The van der Waals surface area contributed by atoms with Crippen LogP contribution in [0.3, 0.4) is 0 Å². The zero-order valence-corrected chi connectivity index (χ0v) is 18.8. The summed E-state index contributed by atoms with van der Waals surface area (Å²) in [5.74, 6) is -0.789. The van der Waals surface area contributed by atoms with Crippen LogP contribution in [0.5, 0.6) is 0 Å². The van der Waals surface area contributed by atoms with Crippen molar-refractivity contribution in [3.8, 4) is 0 Å². The maximum absolute atomic E-state index is 14.0. The molecule has 3 heterocycles. The van der Waals surface area contributed by atoms with E-state index in [0.29, 0.717) is 32.0 Å². The Morgan fingerprint density at radius 3 is 2.44 bits per heavy atom. The van der Waals surface area contributed by atoms with Crippen molar-refractivity contribution in [2.45, 2.75) is 50.0 Å². The first-order chi connectivity index (χ1) is 15.3. The van der Waals surface area contributed by atoms with Gasteiger partial charge in [0.05, 0.1) is 0 Å². The molecule has 2 saturated heterocycles. The van der Waals surface area contributed by atoms with Crippen molar-refractivity contribution < 1.29 is 22.0 Å². The Labute approximate surface area is 186 Å². The Balaban J connectivity index is 1.34. The van der Waals surface area contributed by atoms with Crippen LogP contribution in [0.1, 0.15) is 44.3 Å². The first-order valence-electron chi connectivity index (χ1n) is 10.9. The van der Waals surface area contributed by atoms with Gasteiger partial charge in [0.15, 0.2) is 0 Å². The highest BCUT2D eigenvalue weighted by molar-refractivity contribution is 7.89. The number of nitrogens with zero attached hydrogens (tertiary/aromatic N) is 5. The SMILES string of the molecule is CCn1cnnc1C1CCN(C(=O)C2CCN(S(=O)(=O)c3cc(F)ccc3F)CC2)CC1. The molecule has 1 aromatic carbocycles. The fraction of sp³-hybridized carbons (Fsp3) is 0.571. The molecule has 8 nitrogen and oxygen atoms in total. The van der Waals surface area contributed by atoms with Gasteiger partial charge in [-0.15, -0.1) is 10.2 Å². The lowest BCUT2D eigenvalue weighted by Gasteiger charge is -2.36. The lowest BCUT2D eigenvalue weighted by Crippen LogP contribution is -2.46. The van der Waals surface area contributed by atoms with Gasteiger partial charge in [-0.25, -0.2) is 17.2 Å². The molecular weight excluding hydrogens is 440 g/mol. The first kappa shape index (κ1) is 22.8. The van der Waals surface area contributed by atoms with E-state index in [2.05, 4.69) is 10.2 Å². The van der Waals surface area contributed by atoms with E-state index < -0.39 is 26.6 Å². The number of carbonyl (C=O) groups is 1. The van der Waals surface area contributed by atoms with Crippen LogP contribution >= 0.6 is 0 Å². The summed E-state index contributed by atoms with van der Waals surface area (Å²) in [6.07, 6.45) is 4.08. The smallest absolute Gasteiger partial charge is 0.246 e. The quantitative estimate of drug-likeness (QED) is 0.674. The largest absolute Gasteiger partial charge is 0.342 e. The molecule has 2 aromatic rings. The molecule has 1 amide bonds. The number of amides is 1. The molecule has 0 atom stereocenters. The minimum Gasteiger partial charge on any atom is -0.342 e. The number of likely N-dealkylation sites (tertiary alicyclic amines) is 1. The van der Waals surface area contributed by atoms with Crippen LogP contribution < -0.4 is 0 Å². The van der Waals surface area contributed by atoms with Gasteiger partial charge in [-0.1, -0.05) is 0 Å². The van der Waals surface area contributed by atoms with E-state index in [0.717, 1.165) is 41.6 Å². The zero-order valence-electron chi connectivity index (χ0n) is 18.0. The van der Waals surface area contributed by atoms with Crippen molar-refractivity contribution in [1.82, 2.24) is 24.0 Å². The molecule has 2 fully saturated rings. The van der Waals surface area contributed by atoms with Gasteiger partial charge in [0.25, 0.3) is 0 Å². The normalized spacial score (nSPS) is 19.4. The summed E-state index contributed by atoms with van der Waals surface area (Å²) in [4.78, 5) is 14.2. The van der Waals surface area contributed by atoms with Gasteiger partial charge in [0, 0.05) is 44.6 Å². The molecular formula is C21H27F2N5O3S. The third-order valence-electron chi connectivity index (χ3n) is 6.47. The summed E-state index contributed by atoms with van der Waals surface area (Å²) < 4.78 is 56.1. The number of benzene rings is 1. The monoisotopic (exact) mass is 467 g/mol. The molecule has 1 aromatic heterocycles. The summed E-state index contributed by atoms with van der Waals surface area (Å²) >= 11 is 0. The minimum absolute atomic E-state index is 0.0365. The number of hydrogen-bond donors (Lipinski definition) is 0. The van der Waals surface area contributed by atoms with Crippen LogP contribution in [0.15, 0.2) is 29.4 Å². The summed E-state index contributed by atoms with van der Waals surface area (Å²) in [5, 5.41) is 8.22. The van der Waals surface area contributed by atoms with Crippen molar-refractivity contribution in [1.29, 1.82) is 0 Å². The zero-order chi connectivity index (χ0) is 22.9. The van der Waals surface area contributed by atoms with Gasteiger partial charge in [-0.05, 0) is 50.8 Å². The molecule has 0 bridgehead atoms. The maximum Gasteiger partial charge on any atom is 0.246 e. The van der Waals surface area contributed by atoms with Gasteiger partial charge in [0.1, 0.15) is 28.7 Å². The lowest BCUT2D eigenvalue weighted by atomic mass is 9.92. The average molecular weight is 468 g/mol. The minimum atomic E-state index is -4.15. The summed E-state index contributed by atoms with van der Waals surface area (Å²) in [5.41, 5.74) is 0. The molecule has 0 spiro atoms. The van der Waals surface area contributed by atoms with Crippen molar-refractivity contribution in [2.75, 3.05) is 26.2 Å². The summed E-state index contributed by atoms with van der Waals surface area (Å²) in [6.45, 7) is 4.32. The van der Waals surface area contributed by atoms with E-state index >= 15 is 0 Å². The third kappa shape index (κ3) is 4.40. The highest BCUT2D eigenvalue weighted by Crippen LogP contribution is 2.30. The molecule has 0 unspecified atom stereocenters. The lowest BCUT2D eigenvalue weighted by molar-refractivity contribution is -0.137. The van der Waals surface area contributed by atoms with E-state index in [1.165, 1.54) is 0 Å². The molecule has 0 N–H and O–H groups in total. The average Bonchev–Trinajstić information content (AvgIpc) is 3.29. The Bertz CT molecular complexity index is 1070. The number of piperidine rings is 2. The van der Waals surface area contributed by atoms with Crippen LogP contribution in [-0.2, 0) is 21.4 Å². The molecule has 4 rings (SSSR count). The molecule has 0 radical (unpaired) electrons. The molecule has 174 valence electrons. The second-order valence-electron chi connectivity index (χ2n) is 8.33. The van der Waals surface area contributed by atoms with Gasteiger partial charge >= 0.3 is 0 Å². The topological polar surface area (TPSA) is 88.4 Å². The first-order valence-corrected chi connectivity index (χ1v) is 12.4. The number of halogens is 2. The predicted molar refractivity (Wildman–Crippen MR) is 112 cm³/mol. The Morgan fingerprint density at radius 1 is 1.09 bits per heavy atom. The van der Waals surface area contributed by atoms with Crippen LogP contribution in [0.4, 0.5) is 8.78 Å². The van der Waals surface area contributed by atoms with Gasteiger partial charge < -0.3 is 9.47 Å². The Morgan fingerprint density at radius 2 is 1.78 bits per heavy atom. The van der Waals surface area contributed by atoms with Gasteiger partial charge in [-0.2, -0.15) is 4.31 Å². The van der Waals surface area contributed by atoms with Crippen LogP contribution in [0.2, 0.25) is 0 Å². The van der Waals surface area contributed by atoms with E-state index in [1.54, 1.807) is 6.33 Å². The van der Waals surface area contributed by atoms with Crippen LogP contribution in [0, 0.1) is 17.6 Å². The van der Waals surface area contributed by atoms with E-state index in [4.69, 9.17) is 0 Å².